The smallest absolute Gasteiger partial charge is 0.119 e. The number of benzene rings is 1. The molecule has 1 aromatic carbocycles. The van der Waals surface area contributed by atoms with Gasteiger partial charge >= 0.3 is 0 Å². The van der Waals surface area contributed by atoms with E-state index in [-0.39, 0.29) is 0 Å². The van der Waals surface area contributed by atoms with Gasteiger partial charge in [0.15, 0.2) is 0 Å². The van der Waals surface area contributed by atoms with Crippen molar-refractivity contribution < 1.29 is 4.74 Å². The van der Waals surface area contributed by atoms with E-state index in [1.54, 1.807) is 0 Å². The first kappa shape index (κ1) is 15.5. The van der Waals surface area contributed by atoms with Crippen molar-refractivity contribution >= 4 is 0 Å². The van der Waals surface area contributed by atoms with Crippen LogP contribution in [0.2, 0.25) is 0 Å². The van der Waals surface area contributed by atoms with Crippen molar-refractivity contribution in [3.63, 3.8) is 0 Å². The number of rotatable bonds is 8. The molecule has 2 aromatic rings. The lowest BCUT2D eigenvalue weighted by Gasteiger charge is -2.20. The number of hydrogen-bond acceptors (Lipinski definition) is 4. The van der Waals surface area contributed by atoms with Gasteiger partial charge in [0.25, 0.3) is 0 Å². The molecule has 1 heterocycles. The van der Waals surface area contributed by atoms with E-state index in [1.807, 2.05) is 48.8 Å². The van der Waals surface area contributed by atoms with Gasteiger partial charge in [0.05, 0.1) is 0 Å². The van der Waals surface area contributed by atoms with Gasteiger partial charge in [0.1, 0.15) is 12.4 Å². The van der Waals surface area contributed by atoms with Crippen LogP contribution in [-0.2, 0) is 13.1 Å². The molecule has 21 heavy (non-hydrogen) atoms. The largest absolute Gasteiger partial charge is 0.492 e. The van der Waals surface area contributed by atoms with E-state index in [2.05, 4.69) is 16.8 Å². The van der Waals surface area contributed by atoms with Gasteiger partial charge in [-0.2, -0.15) is 0 Å². The monoisotopic (exact) mass is 285 g/mol. The number of aromatic nitrogens is 1. The van der Waals surface area contributed by atoms with E-state index in [0.29, 0.717) is 13.2 Å². The van der Waals surface area contributed by atoms with Crippen LogP contribution in [-0.4, -0.2) is 29.6 Å². The highest BCUT2D eigenvalue weighted by Gasteiger charge is 2.04. The van der Waals surface area contributed by atoms with Gasteiger partial charge in [-0.15, -0.1) is 0 Å². The summed E-state index contributed by atoms with van der Waals surface area (Å²) in [4.78, 5) is 6.39. The van der Waals surface area contributed by atoms with Crippen LogP contribution in [0, 0.1) is 0 Å². The maximum Gasteiger partial charge on any atom is 0.119 e. The fourth-order valence-corrected chi connectivity index (χ4v) is 2.15. The topological polar surface area (TPSA) is 51.4 Å². The van der Waals surface area contributed by atoms with Crippen molar-refractivity contribution in [1.82, 2.24) is 9.88 Å². The Labute approximate surface area is 126 Å². The highest BCUT2D eigenvalue weighted by atomic mass is 16.5. The zero-order valence-electron chi connectivity index (χ0n) is 12.5. The van der Waals surface area contributed by atoms with Crippen LogP contribution in [0.4, 0.5) is 0 Å². The van der Waals surface area contributed by atoms with Gasteiger partial charge in [0, 0.05) is 32.0 Å². The minimum atomic E-state index is 0.542. The molecule has 0 amide bonds. The molecule has 0 saturated heterocycles. The zero-order chi connectivity index (χ0) is 14.9. The average Bonchev–Trinajstić information content (AvgIpc) is 2.55. The van der Waals surface area contributed by atoms with Gasteiger partial charge in [0.2, 0.25) is 0 Å². The SMILES string of the molecule is CCN(CCOc1cccc(CN)c1)Cc1ccncc1. The fraction of sp³-hybridized carbons (Fsp3) is 0.353. The molecule has 0 unspecified atom stereocenters. The molecule has 0 bridgehead atoms. The second-order valence-electron chi connectivity index (χ2n) is 4.92. The Bertz CT molecular complexity index is 531. The van der Waals surface area contributed by atoms with Gasteiger partial charge in [-0.05, 0) is 41.9 Å². The minimum Gasteiger partial charge on any atom is -0.492 e. The Morgan fingerprint density at radius 2 is 1.95 bits per heavy atom. The summed E-state index contributed by atoms with van der Waals surface area (Å²) in [5.41, 5.74) is 8.00. The summed E-state index contributed by atoms with van der Waals surface area (Å²) in [6.07, 6.45) is 3.66. The molecule has 2 rings (SSSR count). The molecule has 0 aliphatic rings. The molecule has 4 nitrogen and oxygen atoms in total. The number of hydrogen-bond donors (Lipinski definition) is 1. The molecular weight excluding hydrogens is 262 g/mol. The Morgan fingerprint density at radius 3 is 2.67 bits per heavy atom. The third-order valence-corrected chi connectivity index (χ3v) is 3.41. The summed E-state index contributed by atoms with van der Waals surface area (Å²) in [5, 5.41) is 0. The van der Waals surface area contributed by atoms with Gasteiger partial charge in [-0.3, -0.25) is 9.88 Å². The predicted octanol–water partition coefficient (Wildman–Crippen LogP) is 2.44. The molecule has 1 aromatic heterocycles. The molecule has 0 saturated carbocycles. The van der Waals surface area contributed by atoms with Crippen LogP contribution >= 0.6 is 0 Å². The molecule has 0 aliphatic carbocycles. The first-order valence-electron chi connectivity index (χ1n) is 7.35. The summed E-state index contributed by atoms with van der Waals surface area (Å²) < 4.78 is 5.81. The fourth-order valence-electron chi connectivity index (χ4n) is 2.15. The van der Waals surface area contributed by atoms with Crippen LogP contribution in [0.5, 0.6) is 5.75 Å². The first-order chi connectivity index (χ1) is 10.3. The predicted molar refractivity (Wildman–Crippen MR) is 85.0 cm³/mol. The molecule has 2 N–H and O–H groups in total. The molecule has 4 heteroatoms. The highest BCUT2D eigenvalue weighted by molar-refractivity contribution is 5.28. The molecule has 0 radical (unpaired) electrons. The van der Waals surface area contributed by atoms with E-state index >= 15 is 0 Å². The second-order valence-corrected chi connectivity index (χ2v) is 4.92. The Kier molecular flexibility index (Phi) is 6.19. The second kappa shape index (κ2) is 8.39. The molecule has 0 atom stereocenters. The number of nitrogens with zero attached hydrogens (tertiary/aromatic N) is 2. The summed E-state index contributed by atoms with van der Waals surface area (Å²) >= 11 is 0. The lowest BCUT2D eigenvalue weighted by Crippen LogP contribution is -2.27. The maximum atomic E-state index is 5.81. The van der Waals surface area contributed by atoms with E-state index < -0.39 is 0 Å². The van der Waals surface area contributed by atoms with Crippen molar-refractivity contribution in [2.24, 2.45) is 5.73 Å². The normalized spacial score (nSPS) is 10.8. The first-order valence-corrected chi connectivity index (χ1v) is 7.35. The van der Waals surface area contributed by atoms with Crippen LogP contribution in [0.25, 0.3) is 0 Å². The van der Waals surface area contributed by atoms with E-state index in [4.69, 9.17) is 10.5 Å². The third-order valence-electron chi connectivity index (χ3n) is 3.41. The van der Waals surface area contributed by atoms with Crippen molar-refractivity contribution in [3.8, 4) is 5.75 Å². The summed E-state index contributed by atoms with van der Waals surface area (Å²) in [6.45, 7) is 6.19. The summed E-state index contributed by atoms with van der Waals surface area (Å²) in [5.74, 6) is 0.887. The van der Waals surface area contributed by atoms with Crippen molar-refractivity contribution in [1.29, 1.82) is 0 Å². The third kappa shape index (κ3) is 5.17. The van der Waals surface area contributed by atoms with Crippen molar-refractivity contribution in [3.05, 3.63) is 59.9 Å². The quantitative estimate of drug-likeness (QED) is 0.809. The minimum absolute atomic E-state index is 0.542. The van der Waals surface area contributed by atoms with Crippen LogP contribution < -0.4 is 10.5 Å². The van der Waals surface area contributed by atoms with E-state index in [9.17, 15) is 0 Å². The Morgan fingerprint density at radius 1 is 1.14 bits per heavy atom. The number of ether oxygens (including phenoxy) is 1. The van der Waals surface area contributed by atoms with Crippen LogP contribution in [0.15, 0.2) is 48.8 Å². The standard InChI is InChI=1S/C17H23N3O/c1-2-20(14-15-6-8-19-9-7-15)10-11-21-17-5-3-4-16(12-17)13-18/h3-9,12H,2,10-11,13-14,18H2,1H3. The average molecular weight is 285 g/mol. The van der Waals surface area contributed by atoms with Crippen LogP contribution in [0.1, 0.15) is 18.1 Å². The molecule has 112 valence electrons. The Balaban J connectivity index is 1.80. The number of nitrogens with two attached hydrogens (primary N) is 1. The van der Waals surface area contributed by atoms with Crippen molar-refractivity contribution in [2.75, 3.05) is 19.7 Å². The highest BCUT2D eigenvalue weighted by Crippen LogP contribution is 2.13. The Hall–Kier alpha value is -1.91. The molecule has 0 spiro atoms. The van der Waals surface area contributed by atoms with E-state index in [0.717, 1.165) is 30.9 Å². The van der Waals surface area contributed by atoms with Gasteiger partial charge in [-0.25, -0.2) is 0 Å². The number of likely N-dealkylation sites (N-methyl/N-ethyl adjacent to an activating group) is 1. The maximum absolute atomic E-state index is 5.81. The molecule has 0 fully saturated rings. The molecular formula is C17H23N3O. The summed E-state index contributed by atoms with van der Waals surface area (Å²) in [6, 6.07) is 12.1. The van der Waals surface area contributed by atoms with Crippen LogP contribution in [0.3, 0.4) is 0 Å². The van der Waals surface area contributed by atoms with Gasteiger partial charge in [-0.1, -0.05) is 19.1 Å². The van der Waals surface area contributed by atoms with Crippen molar-refractivity contribution in [2.45, 2.75) is 20.0 Å². The lowest BCUT2D eigenvalue weighted by atomic mass is 10.2. The zero-order valence-corrected chi connectivity index (χ0v) is 12.5. The summed E-state index contributed by atoms with van der Waals surface area (Å²) in [7, 11) is 0. The van der Waals surface area contributed by atoms with Gasteiger partial charge < -0.3 is 10.5 Å². The lowest BCUT2D eigenvalue weighted by molar-refractivity contribution is 0.210. The van der Waals surface area contributed by atoms with E-state index in [1.165, 1.54) is 5.56 Å². The molecule has 0 aliphatic heterocycles. The number of pyridine rings is 1.